The highest BCUT2D eigenvalue weighted by Crippen LogP contribution is 2.21. The molecular formula is C9H10N4O. The van der Waals surface area contributed by atoms with Crippen molar-refractivity contribution < 1.29 is 5.11 Å². The Balaban J connectivity index is 2.08. The van der Waals surface area contributed by atoms with Gasteiger partial charge in [0.25, 0.3) is 0 Å². The number of hydrogen-bond donors (Lipinski definition) is 1. The van der Waals surface area contributed by atoms with Crippen molar-refractivity contribution in [3.63, 3.8) is 0 Å². The van der Waals surface area contributed by atoms with Crippen LogP contribution in [0.25, 0.3) is 0 Å². The first-order valence-corrected chi connectivity index (χ1v) is 4.42. The highest BCUT2D eigenvalue weighted by molar-refractivity contribution is 5.41. The first-order chi connectivity index (χ1) is 6.83. The lowest BCUT2D eigenvalue weighted by molar-refractivity contribution is 0.200. The van der Waals surface area contributed by atoms with E-state index in [9.17, 15) is 0 Å². The molecule has 0 aliphatic carbocycles. The molecule has 5 nitrogen and oxygen atoms in total. The molecule has 0 saturated carbocycles. The normalized spacial score (nSPS) is 16.1. The van der Waals surface area contributed by atoms with Gasteiger partial charge in [-0.1, -0.05) is 0 Å². The van der Waals surface area contributed by atoms with Gasteiger partial charge in [-0.3, -0.25) is 0 Å². The molecule has 1 N–H and O–H groups in total. The second kappa shape index (κ2) is 3.60. The van der Waals surface area contributed by atoms with E-state index in [-0.39, 0.29) is 12.4 Å². The fourth-order valence-electron chi connectivity index (χ4n) is 1.45. The summed E-state index contributed by atoms with van der Waals surface area (Å²) >= 11 is 0. The number of aromatic nitrogens is 2. The predicted molar refractivity (Wildman–Crippen MR) is 49.5 cm³/mol. The maximum absolute atomic E-state index is 8.84. The van der Waals surface area contributed by atoms with Crippen LogP contribution in [0.4, 0.5) is 5.82 Å². The van der Waals surface area contributed by atoms with Gasteiger partial charge >= 0.3 is 0 Å². The number of rotatable bonds is 2. The van der Waals surface area contributed by atoms with Crippen LogP contribution in [0, 0.1) is 17.2 Å². The van der Waals surface area contributed by atoms with Crippen molar-refractivity contribution in [1.82, 2.24) is 9.97 Å². The summed E-state index contributed by atoms with van der Waals surface area (Å²) in [5.41, 5.74) is 0. The van der Waals surface area contributed by atoms with E-state index in [4.69, 9.17) is 10.4 Å². The van der Waals surface area contributed by atoms with Crippen molar-refractivity contribution in [3.05, 3.63) is 18.1 Å². The molecule has 72 valence electrons. The zero-order valence-electron chi connectivity index (χ0n) is 7.59. The Labute approximate surface area is 81.6 Å². The third-order valence-electron chi connectivity index (χ3n) is 2.28. The van der Waals surface area contributed by atoms with Crippen molar-refractivity contribution >= 4 is 5.82 Å². The van der Waals surface area contributed by atoms with Crippen LogP contribution >= 0.6 is 0 Å². The van der Waals surface area contributed by atoms with Crippen molar-refractivity contribution in [2.24, 2.45) is 5.92 Å². The fraction of sp³-hybridized carbons (Fsp3) is 0.444. The Morgan fingerprint density at radius 2 is 2.43 bits per heavy atom. The Bertz CT molecular complexity index is 367. The Kier molecular flexibility index (Phi) is 2.29. The van der Waals surface area contributed by atoms with E-state index in [1.807, 2.05) is 11.0 Å². The zero-order chi connectivity index (χ0) is 9.97. The molecule has 0 spiro atoms. The van der Waals surface area contributed by atoms with Crippen molar-refractivity contribution in [2.75, 3.05) is 24.6 Å². The van der Waals surface area contributed by atoms with Crippen molar-refractivity contribution in [3.8, 4) is 6.07 Å². The number of aliphatic hydroxyl groups is 1. The minimum absolute atomic E-state index is 0.190. The average Bonchev–Trinajstić information content (AvgIpc) is 2.17. The van der Waals surface area contributed by atoms with E-state index in [0.29, 0.717) is 5.92 Å². The van der Waals surface area contributed by atoms with Crippen LogP contribution in [0.1, 0.15) is 5.82 Å². The number of hydrogen-bond acceptors (Lipinski definition) is 5. The topological polar surface area (TPSA) is 73.0 Å². The minimum atomic E-state index is 0.190. The third-order valence-corrected chi connectivity index (χ3v) is 2.28. The Morgan fingerprint density at radius 3 is 3.07 bits per heavy atom. The van der Waals surface area contributed by atoms with Crippen LogP contribution in [-0.4, -0.2) is 34.8 Å². The quantitative estimate of drug-likeness (QED) is 0.697. The van der Waals surface area contributed by atoms with Gasteiger partial charge in [-0.2, -0.15) is 5.26 Å². The van der Waals surface area contributed by atoms with Crippen molar-refractivity contribution in [2.45, 2.75) is 0 Å². The van der Waals surface area contributed by atoms with Crippen molar-refractivity contribution in [1.29, 1.82) is 5.26 Å². The van der Waals surface area contributed by atoms with Gasteiger partial charge in [0.15, 0.2) is 0 Å². The van der Waals surface area contributed by atoms with Gasteiger partial charge in [-0.15, -0.1) is 0 Å². The van der Waals surface area contributed by atoms with E-state index in [0.717, 1.165) is 18.9 Å². The summed E-state index contributed by atoms with van der Waals surface area (Å²) in [5, 5.41) is 17.4. The molecule has 1 fully saturated rings. The molecule has 14 heavy (non-hydrogen) atoms. The average molecular weight is 190 g/mol. The van der Waals surface area contributed by atoms with Gasteiger partial charge in [-0.25, -0.2) is 9.97 Å². The van der Waals surface area contributed by atoms with E-state index in [1.165, 1.54) is 0 Å². The van der Waals surface area contributed by atoms with E-state index < -0.39 is 0 Å². The van der Waals surface area contributed by atoms with Crippen LogP contribution in [-0.2, 0) is 0 Å². The van der Waals surface area contributed by atoms with Crippen LogP contribution < -0.4 is 4.90 Å². The summed E-state index contributed by atoms with van der Waals surface area (Å²) in [7, 11) is 0. The smallest absolute Gasteiger partial charge is 0.234 e. The van der Waals surface area contributed by atoms with E-state index in [2.05, 4.69) is 9.97 Å². The molecule has 0 unspecified atom stereocenters. The van der Waals surface area contributed by atoms with E-state index >= 15 is 0 Å². The van der Waals surface area contributed by atoms with Crippen LogP contribution in [0.15, 0.2) is 12.3 Å². The summed E-state index contributed by atoms with van der Waals surface area (Å²) in [5.74, 6) is 1.30. The lowest BCUT2D eigenvalue weighted by Crippen LogP contribution is -2.48. The fourth-order valence-corrected chi connectivity index (χ4v) is 1.45. The molecule has 5 heteroatoms. The lowest BCUT2D eigenvalue weighted by atomic mass is 10.0. The molecule has 1 aliphatic heterocycles. The van der Waals surface area contributed by atoms with Crippen LogP contribution in [0.3, 0.4) is 0 Å². The number of nitriles is 1. The molecule has 2 heterocycles. The number of anilines is 1. The molecule has 0 atom stereocenters. The van der Waals surface area contributed by atoms with Gasteiger partial charge in [-0.05, 0) is 6.07 Å². The Hall–Kier alpha value is -1.67. The highest BCUT2D eigenvalue weighted by atomic mass is 16.3. The molecule has 1 aromatic heterocycles. The van der Waals surface area contributed by atoms with E-state index in [1.54, 1.807) is 12.3 Å². The molecule has 0 radical (unpaired) electrons. The van der Waals surface area contributed by atoms with Gasteiger partial charge < -0.3 is 10.0 Å². The number of aliphatic hydroxyl groups excluding tert-OH is 1. The first-order valence-electron chi connectivity index (χ1n) is 4.42. The molecule has 0 amide bonds. The molecule has 0 bridgehead atoms. The molecule has 0 aromatic carbocycles. The van der Waals surface area contributed by atoms with Crippen LogP contribution in [0.2, 0.25) is 0 Å². The largest absolute Gasteiger partial charge is 0.396 e. The van der Waals surface area contributed by atoms with Gasteiger partial charge in [0, 0.05) is 31.8 Å². The molecular weight excluding hydrogens is 180 g/mol. The molecule has 1 aromatic rings. The molecule has 1 aliphatic rings. The predicted octanol–water partition coefficient (Wildman–Crippen LogP) is -0.223. The summed E-state index contributed by atoms with van der Waals surface area (Å²) in [6, 6.07) is 3.67. The third kappa shape index (κ3) is 1.52. The second-order valence-corrected chi connectivity index (χ2v) is 3.30. The van der Waals surface area contributed by atoms with Gasteiger partial charge in [0.05, 0.1) is 0 Å². The number of nitrogens with zero attached hydrogens (tertiary/aromatic N) is 4. The first kappa shape index (κ1) is 8.91. The summed E-state index contributed by atoms with van der Waals surface area (Å²) in [6.07, 6.45) is 1.58. The van der Waals surface area contributed by atoms with Crippen LogP contribution in [0.5, 0.6) is 0 Å². The standard InChI is InChI=1S/C9H10N4O/c10-3-8-11-2-1-9(12-8)13-4-7(5-13)6-14/h1-2,7,14H,4-6H2. The maximum Gasteiger partial charge on any atom is 0.234 e. The highest BCUT2D eigenvalue weighted by Gasteiger charge is 2.26. The maximum atomic E-state index is 8.84. The minimum Gasteiger partial charge on any atom is -0.396 e. The SMILES string of the molecule is N#Cc1nccc(N2CC(CO)C2)n1. The zero-order valence-corrected chi connectivity index (χ0v) is 7.59. The molecule has 1 saturated heterocycles. The lowest BCUT2D eigenvalue weighted by Gasteiger charge is -2.39. The summed E-state index contributed by atoms with van der Waals surface area (Å²) < 4.78 is 0. The Morgan fingerprint density at radius 1 is 1.64 bits per heavy atom. The summed E-state index contributed by atoms with van der Waals surface area (Å²) in [6.45, 7) is 1.82. The second-order valence-electron chi connectivity index (χ2n) is 3.30. The van der Waals surface area contributed by atoms with Gasteiger partial charge in [0.2, 0.25) is 5.82 Å². The summed E-state index contributed by atoms with van der Waals surface area (Å²) in [4.78, 5) is 9.86. The monoisotopic (exact) mass is 190 g/mol. The van der Waals surface area contributed by atoms with Gasteiger partial charge in [0.1, 0.15) is 11.9 Å². The molecule has 2 rings (SSSR count).